The molecule has 4 aliphatic carbocycles. The van der Waals surface area contributed by atoms with Gasteiger partial charge in [-0.25, -0.2) is 4.39 Å². The monoisotopic (exact) mass is 427 g/mol. The van der Waals surface area contributed by atoms with Crippen LogP contribution in [-0.4, -0.2) is 6.04 Å². The summed E-state index contributed by atoms with van der Waals surface area (Å²) in [6.07, 6.45) is 8.70. The van der Waals surface area contributed by atoms with Crippen LogP contribution in [-0.2, 0) is 13.2 Å². The minimum absolute atomic E-state index is 0.131. The van der Waals surface area contributed by atoms with Gasteiger partial charge in [-0.2, -0.15) is 0 Å². The highest BCUT2D eigenvalue weighted by Gasteiger charge is 2.52. The van der Waals surface area contributed by atoms with E-state index in [0.29, 0.717) is 22.0 Å². The molecule has 0 aromatic heterocycles. The van der Waals surface area contributed by atoms with Crippen LogP contribution in [0.5, 0.6) is 5.75 Å². The molecular formula is C26H31ClFNO. The maximum Gasteiger partial charge on any atom is 0.131 e. The number of ether oxygens (including phenoxy) is 1. The van der Waals surface area contributed by atoms with Gasteiger partial charge in [-0.15, -0.1) is 0 Å². The van der Waals surface area contributed by atoms with Gasteiger partial charge in [-0.3, -0.25) is 0 Å². The van der Waals surface area contributed by atoms with Crippen LogP contribution in [0, 0.1) is 29.0 Å². The minimum Gasteiger partial charge on any atom is -0.489 e. The van der Waals surface area contributed by atoms with Gasteiger partial charge >= 0.3 is 0 Å². The molecular weight excluding hydrogens is 397 g/mol. The number of hydrogen-bond acceptors (Lipinski definition) is 2. The average molecular weight is 428 g/mol. The number of nitrogens with one attached hydrogen (secondary N) is 1. The normalized spacial score (nSPS) is 30.4. The van der Waals surface area contributed by atoms with Crippen molar-refractivity contribution in [3.8, 4) is 5.75 Å². The van der Waals surface area contributed by atoms with Crippen LogP contribution >= 0.6 is 11.6 Å². The Hall–Kier alpha value is -1.58. The van der Waals surface area contributed by atoms with Crippen LogP contribution in [0.4, 0.5) is 4.39 Å². The van der Waals surface area contributed by atoms with E-state index in [1.54, 1.807) is 12.1 Å². The Morgan fingerprint density at radius 3 is 2.40 bits per heavy atom. The molecule has 4 heteroatoms. The first-order chi connectivity index (χ1) is 14.5. The summed E-state index contributed by atoms with van der Waals surface area (Å²) in [5, 5.41) is 4.24. The summed E-state index contributed by atoms with van der Waals surface area (Å²) in [4.78, 5) is 0. The van der Waals surface area contributed by atoms with Crippen LogP contribution in [0.3, 0.4) is 0 Å². The second-order valence-corrected chi connectivity index (χ2v) is 10.4. The van der Waals surface area contributed by atoms with Crippen molar-refractivity contribution >= 4 is 11.6 Å². The maximum atomic E-state index is 14.0. The van der Waals surface area contributed by atoms with Crippen molar-refractivity contribution < 1.29 is 9.13 Å². The zero-order chi connectivity index (χ0) is 20.7. The van der Waals surface area contributed by atoms with E-state index in [0.717, 1.165) is 30.0 Å². The highest BCUT2D eigenvalue weighted by Crippen LogP contribution is 2.61. The molecule has 2 aromatic carbocycles. The number of rotatable bonds is 7. The summed E-state index contributed by atoms with van der Waals surface area (Å²) in [7, 11) is 0. The smallest absolute Gasteiger partial charge is 0.131 e. The van der Waals surface area contributed by atoms with E-state index in [2.05, 4.69) is 18.3 Å². The van der Waals surface area contributed by atoms with E-state index in [9.17, 15) is 4.39 Å². The predicted octanol–water partition coefficient (Wildman–Crippen LogP) is 6.75. The first-order valence-electron chi connectivity index (χ1n) is 11.4. The second-order valence-electron chi connectivity index (χ2n) is 10.0. The largest absolute Gasteiger partial charge is 0.489 e. The van der Waals surface area contributed by atoms with E-state index < -0.39 is 0 Å². The molecule has 6 rings (SSSR count). The van der Waals surface area contributed by atoms with E-state index in [1.165, 1.54) is 50.2 Å². The number of benzene rings is 2. The lowest BCUT2D eigenvalue weighted by Gasteiger charge is -2.59. The Kier molecular flexibility index (Phi) is 5.53. The number of hydrogen-bond donors (Lipinski definition) is 1. The van der Waals surface area contributed by atoms with Crippen LogP contribution in [0.2, 0.25) is 5.02 Å². The molecule has 0 amide bonds. The fourth-order valence-electron chi connectivity index (χ4n) is 6.77. The molecule has 1 atom stereocenters. The molecule has 1 unspecified atom stereocenters. The summed E-state index contributed by atoms with van der Waals surface area (Å²) in [5.41, 5.74) is 2.10. The van der Waals surface area contributed by atoms with Crippen molar-refractivity contribution in [1.29, 1.82) is 0 Å². The standard InChI is InChI=1S/C26H31ClFNO/c1-17(26-12-19-8-20(13-26)10-21(9-19)14-26)29-15-18-4-2-5-22(11-18)30-16-23-24(27)6-3-7-25(23)28/h2-7,11,17,19-21,29H,8-10,12-16H2,1H3. The molecule has 0 radical (unpaired) electrons. The van der Waals surface area contributed by atoms with Gasteiger partial charge in [-0.1, -0.05) is 29.8 Å². The summed E-state index contributed by atoms with van der Waals surface area (Å²) in [5.74, 6) is 3.34. The molecule has 4 fully saturated rings. The minimum atomic E-state index is -0.329. The summed E-state index contributed by atoms with van der Waals surface area (Å²) >= 11 is 6.11. The molecule has 0 heterocycles. The van der Waals surface area contributed by atoms with Crippen molar-refractivity contribution in [2.45, 2.75) is 64.6 Å². The van der Waals surface area contributed by atoms with Gasteiger partial charge in [0.25, 0.3) is 0 Å². The lowest BCUT2D eigenvalue weighted by Crippen LogP contribution is -2.54. The fraction of sp³-hybridized carbons (Fsp3) is 0.538. The van der Waals surface area contributed by atoms with E-state index in [-0.39, 0.29) is 12.4 Å². The van der Waals surface area contributed by atoms with Gasteiger partial charge in [-0.05, 0) is 98.4 Å². The van der Waals surface area contributed by atoms with Crippen LogP contribution in [0.25, 0.3) is 0 Å². The predicted molar refractivity (Wildman–Crippen MR) is 119 cm³/mol. The Bertz CT molecular complexity index is 858. The van der Waals surface area contributed by atoms with Crippen molar-refractivity contribution in [1.82, 2.24) is 5.32 Å². The van der Waals surface area contributed by atoms with Gasteiger partial charge in [0.15, 0.2) is 0 Å². The molecule has 160 valence electrons. The maximum absolute atomic E-state index is 14.0. The number of halogens is 2. The zero-order valence-electron chi connectivity index (χ0n) is 17.7. The Balaban J connectivity index is 1.20. The van der Waals surface area contributed by atoms with E-state index in [1.807, 2.05) is 18.2 Å². The first kappa shape index (κ1) is 20.3. The molecule has 2 aromatic rings. The molecule has 0 saturated heterocycles. The van der Waals surface area contributed by atoms with Gasteiger partial charge < -0.3 is 10.1 Å². The van der Waals surface area contributed by atoms with Gasteiger partial charge in [0.1, 0.15) is 18.2 Å². The first-order valence-corrected chi connectivity index (χ1v) is 11.8. The van der Waals surface area contributed by atoms with Crippen molar-refractivity contribution in [3.05, 3.63) is 64.4 Å². The fourth-order valence-corrected chi connectivity index (χ4v) is 6.98. The Labute approximate surface area is 184 Å². The van der Waals surface area contributed by atoms with Gasteiger partial charge in [0.2, 0.25) is 0 Å². The molecule has 4 bridgehead atoms. The molecule has 0 aliphatic heterocycles. The van der Waals surface area contributed by atoms with Crippen molar-refractivity contribution in [2.75, 3.05) is 0 Å². The lowest BCUT2D eigenvalue weighted by atomic mass is 9.48. The van der Waals surface area contributed by atoms with Gasteiger partial charge in [0, 0.05) is 18.2 Å². The third kappa shape index (κ3) is 3.99. The topological polar surface area (TPSA) is 21.3 Å². The second kappa shape index (κ2) is 8.16. The highest BCUT2D eigenvalue weighted by molar-refractivity contribution is 6.31. The summed E-state index contributed by atoms with van der Waals surface area (Å²) in [6, 6.07) is 13.3. The molecule has 0 spiro atoms. The Morgan fingerprint density at radius 2 is 1.73 bits per heavy atom. The Morgan fingerprint density at radius 1 is 1.07 bits per heavy atom. The average Bonchev–Trinajstić information content (AvgIpc) is 2.71. The summed E-state index contributed by atoms with van der Waals surface area (Å²) < 4.78 is 19.8. The lowest BCUT2D eigenvalue weighted by molar-refractivity contribution is -0.0706. The SMILES string of the molecule is CC(NCc1cccc(OCc2c(F)cccc2Cl)c1)C12CC3CC(CC(C3)C1)C2. The molecule has 4 aliphatic rings. The summed E-state index contributed by atoms with van der Waals surface area (Å²) in [6.45, 7) is 3.36. The molecule has 1 N–H and O–H groups in total. The van der Waals surface area contributed by atoms with E-state index >= 15 is 0 Å². The molecule has 2 nitrogen and oxygen atoms in total. The third-order valence-corrected chi connectivity index (χ3v) is 8.31. The molecule has 4 saturated carbocycles. The van der Waals surface area contributed by atoms with Crippen LogP contribution < -0.4 is 10.1 Å². The van der Waals surface area contributed by atoms with Crippen molar-refractivity contribution in [2.24, 2.45) is 23.2 Å². The van der Waals surface area contributed by atoms with Crippen LogP contribution in [0.15, 0.2) is 42.5 Å². The van der Waals surface area contributed by atoms with Crippen LogP contribution in [0.1, 0.15) is 56.6 Å². The van der Waals surface area contributed by atoms with Crippen molar-refractivity contribution in [3.63, 3.8) is 0 Å². The van der Waals surface area contributed by atoms with Gasteiger partial charge in [0.05, 0.1) is 5.02 Å². The zero-order valence-corrected chi connectivity index (χ0v) is 18.4. The highest BCUT2D eigenvalue weighted by atomic mass is 35.5. The molecule has 30 heavy (non-hydrogen) atoms. The van der Waals surface area contributed by atoms with E-state index in [4.69, 9.17) is 16.3 Å². The quantitative estimate of drug-likeness (QED) is 0.527. The third-order valence-electron chi connectivity index (χ3n) is 7.96.